The average Bonchev–Trinajstić information content (AvgIpc) is 2.68. The standard InChI is InChI=1S/C12H15N3O3/c1-7(13-2)5-11(16)14-8-3-4-9-10(6-8)18-12(17)15-9/h3-4,6-7,13H,5H2,1-2H3,(H,14,16)(H,15,17). The monoisotopic (exact) mass is 249 g/mol. The number of amides is 1. The second kappa shape index (κ2) is 5.05. The van der Waals surface area contributed by atoms with Crippen LogP contribution < -0.4 is 16.4 Å². The quantitative estimate of drug-likeness (QED) is 0.756. The van der Waals surface area contributed by atoms with Crippen LogP contribution in [0.15, 0.2) is 27.4 Å². The lowest BCUT2D eigenvalue weighted by molar-refractivity contribution is -0.116. The molecule has 0 aliphatic rings. The highest BCUT2D eigenvalue weighted by molar-refractivity contribution is 5.92. The molecule has 0 radical (unpaired) electrons. The number of fused-ring (bicyclic) bond motifs is 1. The fraction of sp³-hybridized carbons (Fsp3) is 0.333. The van der Waals surface area contributed by atoms with Gasteiger partial charge in [0.05, 0.1) is 5.52 Å². The summed E-state index contributed by atoms with van der Waals surface area (Å²) in [5, 5.41) is 5.74. The summed E-state index contributed by atoms with van der Waals surface area (Å²) in [5.41, 5.74) is 1.65. The molecule has 6 nitrogen and oxygen atoms in total. The molecule has 1 unspecified atom stereocenters. The maximum Gasteiger partial charge on any atom is 0.417 e. The van der Waals surface area contributed by atoms with Crippen LogP contribution in [0.4, 0.5) is 5.69 Å². The van der Waals surface area contributed by atoms with Gasteiger partial charge in [-0.2, -0.15) is 0 Å². The maximum absolute atomic E-state index is 11.7. The minimum absolute atomic E-state index is 0.0888. The summed E-state index contributed by atoms with van der Waals surface area (Å²) in [6, 6.07) is 5.14. The molecule has 6 heteroatoms. The van der Waals surface area contributed by atoms with Crippen LogP contribution >= 0.6 is 0 Å². The normalized spacial score (nSPS) is 12.6. The highest BCUT2D eigenvalue weighted by atomic mass is 16.4. The molecule has 0 aliphatic heterocycles. The summed E-state index contributed by atoms with van der Waals surface area (Å²) < 4.78 is 4.92. The number of nitrogens with one attached hydrogen (secondary N) is 3. The van der Waals surface area contributed by atoms with Gasteiger partial charge in [0, 0.05) is 24.2 Å². The van der Waals surface area contributed by atoms with Gasteiger partial charge in [0.1, 0.15) is 0 Å². The largest absolute Gasteiger partial charge is 0.417 e. The van der Waals surface area contributed by atoms with Gasteiger partial charge in [-0.3, -0.25) is 9.78 Å². The van der Waals surface area contributed by atoms with Crippen LogP contribution in [-0.4, -0.2) is 24.0 Å². The van der Waals surface area contributed by atoms with Gasteiger partial charge in [-0.1, -0.05) is 0 Å². The van der Waals surface area contributed by atoms with Crippen LogP contribution in [0.1, 0.15) is 13.3 Å². The molecule has 2 rings (SSSR count). The molecule has 2 aromatic rings. The summed E-state index contributed by atoms with van der Waals surface area (Å²) in [4.78, 5) is 25.2. The minimum atomic E-state index is -0.503. The van der Waals surface area contributed by atoms with Crippen LogP contribution in [0.3, 0.4) is 0 Å². The molecule has 0 saturated heterocycles. The Morgan fingerprint density at radius 1 is 1.50 bits per heavy atom. The van der Waals surface area contributed by atoms with E-state index in [1.54, 1.807) is 25.2 Å². The summed E-state index contributed by atoms with van der Waals surface area (Å²) in [6.45, 7) is 1.92. The summed E-state index contributed by atoms with van der Waals surface area (Å²) in [6.07, 6.45) is 0.381. The molecule has 1 aromatic carbocycles. The summed E-state index contributed by atoms with van der Waals surface area (Å²) in [7, 11) is 1.80. The smallest absolute Gasteiger partial charge is 0.408 e. The van der Waals surface area contributed by atoms with E-state index in [1.807, 2.05) is 6.92 Å². The molecule has 96 valence electrons. The van der Waals surface area contributed by atoms with Crippen molar-refractivity contribution in [2.24, 2.45) is 0 Å². The van der Waals surface area contributed by atoms with Gasteiger partial charge >= 0.3 is 5.76 Å². The van der Waals surface area contributed by atoms with Gasteiger partial charge in [-0.25, -0.2) is 4.79 Å². The van der Waals surface area contributed by atoms with Crippen molar-refractivity contribution < 1.29 is 9.21 Å². The molecular weight excluding hydrogens is 234 g/mol. The van der Waals surface area contributed by atoms with Crippen LogP contribution in [0.5, 0.6) is 0 Å². The molecule has 0 spiro atoms. The highest BCUT2D eigenvalue weighted by Crippen LogP contribution is 2.16. The number of aromatic amines is 1. The van der Waals surface area contributed by atoms with E-state index in [0.717, 1.165) is 0 Å². The van der Waals surface area contributed by atoms with Gasteiger partial charge in [-0.05, 0) is 26.1 Å². The number of carbonyl (C=O) groups is 1. The molecule has 0 saturated carbocycles. The molecule has 0 aliphatic carbocycles. The van der Waals surface area contributed by atoms with Crippen LogP contribution in [-0.2, 0) is 4.79 Å². The number of carbonyl (C=O) groups excluding carboxylic acids is 1. The van der Waals surface area contributed by atoms with E-state index in [4.69, 9.17) is 4.42 Å². The number of benzene rings is 1. The highest BCUT2D eigenvalue weighted by Gasteiger charge is 2.08. The van der Waals surface area contributed by atoms with Gasteiger partial charge in [0.2, 0.25) is 5.91 Å². The lowest BCUT2D eigenvalue weighted by Gasteiger charge is -2.10. The van der Waals surface area contributed by atoms with Gasteiger partial charge in [-0.15, -0.1) is 0 Å². The Balaban J connectivity index is 2.11. The Morgan fingerprint density at radius 2 is 2.28 bits per heavy atom. The Labute approximate surface area is 103 Å². The molecule has 0 fully saturated rings. The van der Waals surface area contributed by atoms with Gasteiger partial charge in [0.15, 0.2) is 5.58 Å². The third-order valence-electron chi connectivity index (χ3n) is 2.69. The Kier molecular flexibility index (Phi) is 3.47. The van der Waals surface area contributed by atoms with Crippen molar-refractivity contribution in [3.05, 3.63) is 28.7 Å². The zero-order chi connectivity index (χ0) is 13.1. The zero-order valence-corrected chi connectivity index (χ0v) is 10.2. The molecule has 18 heavy (non-hydrogen) atoms. The van der Waals surface area contributed by atoms with Crippen molar-refractivity contribution in [1.82, 2.24) is 10.3 Å². The first-order chi connectivity index (χ1) is 8.58. The van der Waals surface area contributed by atoms with Crippen molar-refractivity contribution in [3.63, 3.8) is 0 Å². The number of H-pyrrole nitrogens is 1. The topological polar surface area (TPSA) is 87.1 Å². The molecule has 3 N–H and O–H groups in total. The van der Waals surface area contributed by atoms with E-state index in [2.05, 4.69) is 15.6 Å². The maximum atomic E-state index is 11.7. The summed E-state index contributed by atoms with van der Waals surface area (Å²) >= 11 is 0. The first kappa shape index (κ1) is 12.4. The first-order valence-corrected chi connectivity index (χ1v) is 5.68. The Hall–Kier alpha value is -2.08. The lowest BCUT2D eigenvalue weighted by atomic mass is 10.2. The van der Waals surface area contributed by atoms with E-state index in [0.29, 0.717) is 23.2 Å². The SMILES string of the molecule is CNC(C)CC(=O)Nc1ccc2[nH]c(=O)oc2c1. The van der Waals surface area contributed by atoms with Crippen LogP contribution in [0.2, 0.25) is 0 Å². The fourth-order valence-corrected chi connectivity index (χ4v) is 1.62. The number of rotatable bonds is 4. The van der Waals surface area contributed by atoms with E-state index in [-0.39, 0.29) is 11.9 Å². The Bertz CT molecular complexity index is 614. The number of hydrogen-bond acceptors (Lipinski definition) is 4. The van der Waals surface area contributed by atoms with Gasteiger partial charge in [0.25, 0.3) is 0 Å². The second-order valence-corrected chi connectivity index (χ2v) is 4.17. The number of aromatic nitrogens is 1. The predicted molar refractivity (Wildman–Crippen MR) is 68.6 cm³/mol. The van der Waals surface area contributed by atoms with Crippen molar-refractivity contribution >= 4 is 22.7 Å². The Morgan fingerprint density at radius 3 is 3.00 bits per heavy atom. The first-order valence-electron chi connectivity index (χ1n) is 5.68. The molecule has 1 atom stereocenters. The molecule has 0 bridgehead atoms. The predicted octanol–water partition coefficient (Wildman–Crippen LogP) is 1.06. The van der Waals surface area contributed by atoms with Crippen molar-refractivity contribution in [1.29, 1.82) is 0 Å². The third kappa shape index (κ3) is 2.78. The van der Waals surface area contributed by atoms with E-state index < -0.39 is 5.76 Å². The third-order valence-corrected chi connectivity index (χ3v) is 2.69. The number of hydrogen-bond donors (Lipinski definition) is 3. The number of anilines is 1. The second-order valence-electron chi connectivity index (χ2n) is 4.17. The molecule has 1 amide bonds. The molecular formula is C12H15N3O3. The van der Waals surface area contributed by atoms with Crippen LogP contribution in [0.25, 0.3) is 11.1 Å². The van der Waals surface area contributed by atoms with E-state index in [1.165, 1.54) is 0 Å². The van der Waals surface area contributed by atoms with Crippen LogP contribution in [0, 0.1) is 0 Å². The van der Waals surface area contributed by atoms with Gasteiger partial charge < -0.3 is 15.1 Å². The molecule has 1 aromatic heterocycles. The number of oxazole rings is 1. The lowest BCUT2D eigenvalue weighted by Crippen LogP contribution is -2.27. The van der Waals surface area contributed by atoms with Crippen molar-refractivity contribution in [2.45, 2.75) is 19.4 Å². The van der Waals surface area contributed by atoms with Crippen molar-refractivity contribution in [2.75, 3.05) is 12.4 Å². The minimum Gasteiger partial charge on any atom is -0.408 e. The van der Waals surface area contributed by atoms with Crippen molar-refractivity contribution in [3.8, 4) is 0 Å². The molecule has 1 heterocycles. The fourth-order valence-electron chi connectivity index (χ4n) is 1.62. The van der Waals surface area contributed by atoms with E-state index in [9.17, 15) is 9.59 Å². The summed E-state index contributed by atoms with van der Waals surface area (Å²) in [5.74, 6) is -0.591. The zero-order valence-electron chi connectivity index (χ0n) is 10.2. The average molecular weight is 249 g/mol. The van der Waals surface area contributed by atoms with E-state index >= 15 is 0 Å².